The van der Waals surface area contributed by atoms with E-state index in [0.717, 1.165) is 11.3 Å². The van der Waals surface area contributed by atoms with Crippen molar-refractivity contribution in [3.05, 3.63) is 21.9 Å². The quantitative estimate of drug-likeness (QED) is 0.668. The van der Waals surface area contributed by atoms with Gasteiger partial charge in [0, 0.05) is 26.3 Å². The summed E-state index contributed by atoms with van der Waals surface area (Å²) in [6.45, 7) is 6.79. The lowest BCUT2D eigenvalue weighted by atomic mass is 10.3. The molecule has 1 amide bonds. The molecule has 0 unspecified atom stereocenters. The van der Waals surface area contributed by atoms with Crippen LogP contribution in [0.4, 0.5) is 0 Å². The summed E-state index contributed by atoms with van der Waals surface area (Å²) >= 11 is 0.983. The number of carboxylic acids is 1. The van der Waals surface area contributed by atoms with E-state index < -0.39 is 5.97 Å². The summed E-state index contributed by atoms with van der Waals surface area (Å²) in [5.74, 6) is -1.21. The average Bonchev–Trinajstić information content (AvgIpc) is 2.95. The Labute approximate surface area is 128 Å². The van der Waals surface area contributed by atoms with Gasteiger partial charge in [0.15, 0.2) is 0 Å². The van der Waals surface area contributed by atoms with Gasteiger partial charge in [0.25, 0.3) is 5.91 Å². The molecule has 0 saturated heterocycles. The van der Waals surface area contributed by atoms with Gasteiger partial charge in [0.05, 0.1) is 18.1 Å². The molecule has 0 saturated carbocycles. The van der Waals surface area contributed by atoms with E-state index in [4.69, 9.17) is 14.6 Å². The summed E-state index contributed by atoms with van der Waals surface area (Å²) in [7, 11) is 0. The monoisotopic (exact) mass is 315 g/mol. The van der Waals surface area contributed by atoms with Crippen LogP contribution in [0.3, 0.4) is 0 Å². The van der Waals surface area contributed by atoms with Crippen molar-refractivity contribution in [1.29, 1.82) is 0 Å². The van der Waals surface area contributed by atoms with Crippen LogP contribution in [-0.2, 0) is 9.47 Å². The van der Waals surface area contributed by atoms with E-state index >= 15 is 0 Å². The summed E-state index contributed by atoms with van der Waals surface area (Å²) in [5.41, 5.74) is 0. The molecule has 0 aliphatic carbocycles. The Morgan fingerprint density at radius 1 is 1.10 bits per heavy atom. The smallest absolute Gasteiger partial charge is 0.345 e. The standard InChI is InChI=1S/C14H21NO5S/c1-3-19-9-7-15(8-10-20-4-2)13(16)11-5-6-12(21-11)14(17)18/h5-6H,3-4,7-10H2,1-2H3,(H,17,18). The van der Waals surface area contributed by atoms with Crippen LogP contribution in [0.25, 0.3) is 0 Å². The number of amides is 1. The van der Waals surface area contributed by atoms with Crippen molar-refractivity contribution in [3.8, 4) is 0 Å². The van der Waals surface area contributed by atoms with E-state index in [0.29, 0.717) is 44.4 Å². The lowest BCUT2D eigenvalue weighted by molar-refractivity contribution is 0.0554. The highest BCUT2D eigenvalue weighted by molar-refractivity contribution is 7.15. The first kappa shape index (κ1) is 17.6. The summed E-state index contributed by atoms with van der Waals surface area (Å²) in [4.78, 5) is 25.5. The SMILES string of the molecule is CCOCCN(CCOCC)C(=O)c1ccc(C(=O)O)s1. The Kier molecular flexibility index (Phi) is 7.96. The highest BCUT2D eigenvalue weighted by atomic mass is 32.1. The average molecular weight is 315 g/mol. The molecule has 1 N–H and O–H groups in total. The Morgan fingerprint density at radius 3 is 2.05 bits per heavy atom. The molecule has 0 spiro atoms. The summed E-state index contributed by atoms with van der Waals surface area (Å²) in [6, 6.07) is 2.99. The number of ether oxygens (including phenoxy) is 2. The van der Waals surface area contributed by atoms with Gasteiger partial charge in [-0.3, -0.25) is 4.79 Å². The minimum absolute atomic E-state index is 0.160. The third-order valence-electron chi connectivity index (χ3n) is 2.73. The van der Waals surface area contributed by atoms with Crippen LogP contribution >= 0.6 is 11.3 Å². The minimum atomic E-state index is -1.02. The molecular formula is C14H21NO5S. The predicted molar refractivity (Wildman–Crippen MR) is 80.2 cm³/mol. The maximum atomic E-state index is 12.4. The van der Waals surface area contributed by atoms with Gasteiger partial charge in [-0.05, 0) is 26.0 Å². The second kappa shape index (κ2) is 9.49. The number of rotatable bonds is 10. The third-order valence-corrected chi connectivity index (χ3v) is 3.80. The molecule has 1 aromatic rings. The molecule has 1 heterocycles. The summed E-state index contributed by atoms with van der Waals surface area (Å²) < 4.78 is 10.5. The maximum Gasteiger partial charge on any atom is 0.345 e. The molecule has 0 aliphatic heterocycles. The molecule has 7 heteroatoms. The van der Waals surface area contributed by atoms with E-state index in [9.17, 15) is 9.59 Å². The van der Waals surface area contributed by atoms with Crippen LogP contribution in [-0.4, -0.2) is 61.4 Å². The Hall–Kier alpha value is -1.44. The molecule has 1 aromatic heterocycles. The van der Waals surface area contributed by atoms with Crippen molar-refractivity contribution in [3.63, 3.8) is 0 Å². The second-order valence-corrected chi connectivity index (χ2v) is 5.24. The van der Waals surface area contributed by atoms with Crippen molar-refractivity contribution >= 4 is 23.2 Å². The highest BCUT2D eigenvalue weighted by Crippen LogP contribution is 2.18. The van der Waals surface area contributed by atoms with E-state index in [1.54, 1.807) is 11.0 Å². The topological polar surface area (TPSA) is 76.1 Å². The van der Waals surface area contributed by atoms with Crippen molar-refractivity contribution in [2.45, 2.75) is 13.8 Å². The van der Waals surface area contributed by atoms with Gasteiger partial charge < -0.3 is 19.5 Å². The summed E-state index contributed by atoms with van der Waals surface area (Å²) in [6.07, 6.45) is 0. The minimum Gasteiger partial charge on any atom is -0.477 e. The number of hydrogen-bond donors (Lipinski definition) is 1. The van der Waals surface area contributed by atoms with Gasteiger partial charge in [-0.15, -0.1) is 11.3 Å². The number of thiophene rings is 1. The number of carbonyl (C=O) groups is 2. The molecule has 0 aliphatic rings. The predicted octanol–water partition coefficient (Wildman–Crippen LogP) is 1.96. The second-order valence-electron chi connectivity index (χ2n) is 4.16. The number of carbonyl (C=O) groups excluding carboxylic acids is 1. The molecule has 0 bridgehead atoms. The fourth-order valence-electron chi connectivity index (χ4n) is 1.68. The fraction of sp³-hybridized carbons (Fsp3) is 0.571. The van der Waals surface area contributed by atoms with Crippen LogP contribution in [0.2, 0.25) is 0 Å². The first-order valence-electron chi connectivity index (χ1n) is 6.88. The van der Waals surface area contributed by atoms with Crippen LogP contribution in [0.1, 0.15) is 33.2 Å². The summed E-state index contributed by atoms with van der Waals surface area (Å²) in [5, 5.41) is 8.91. The third kappa shape index (κ3) is 5.82. The van der Waals surface area contributed by atoms with Gasteiger partial charge in [-0.2, -0.15) is 0 Å². The number of nitrogens with zero attached hydrogens (tertiary/aromatic N) is 1. The molecule has 0 fully saturated rings. The largest absolute Gasteiger partial charge is 0.477 e. The molecular weight excluding hydrogens is 294 g/mol. The first-order valence-corrected chi connectivity index (χ1v) is 7.69. The molecule has 0 atom stereocenters. The van der Waals surface area contributed by atoms with Crippen LogP contribution in [0.15, 0.2) is 12.1 Å². The zero-order chi connectivity index (χ0) is 15.7. The lowest BCUT2D eigenvalue weighted by Crippen LogP contribution is -2.36. The van der Waals surface area contributed by atoms with Crippen molar-refractivity contribution < 1.29 is 24.2 Å². The maximum absolute atomic E-state index is 12.4. The zero-order valence-electron chi connectivity index (χ0n) is 12.3. The fourth-order valence-corrected chi connectivity index (χ4v) is 2.49. The van der Waals surface area contributed by atoms with E-state index in [1.807, 2.05) is 13.8 Å². The number of hydrogen-bond acceptors (Lipinski definition) is 5. The Morgan fingerprint density at radius 2 is 1.62 bits per heavy atom. The first-order chi connectivity index (χ1) is 10.1. The lowest BCUT2D eigenvalue weighted by Gasteiger charge is -2.21. The molecule has 6 nitrogen and oxygen atoms in total. The molecule has 1 rings (SSSR count). The van der Waals surface area contributed by atoms with Crippen LogP contribution < -0.4 is 0 Å². The molecule has 118 valence electrons. The van der Waals surface area contributed by atoms with Crippen LogP contribution in [0.5, 0.6) is 0 Å². The Balaban J connectivity index is 2.69. The molecule has 21 heavy (non-hydrogen) atoms. The molecule has 0 aromatic carbocycles. The van der Waals surface area contributed by atoms with Gasteiger partial charge in [-0.25, -0.2) is 4.79 Å². The van der Waals surface area contributed by atoms with Crippen molar-refractivity contribution in [2.24, 2.45) is 0 Å². The molecule has 0 radical (unpaired) electrons. The van der Waals surface area contributed by atoms with E-state index in [1.165, 1.54) is 6.07 Å². The number of carboxylic acid groups (broad SMARTS) is 1. The van der Waals surface area contributed by atoms with Gasteiger partial charge >= 0.3 is 5.97 Å². The van der Waals surface area contributed by atoms with Gasteiger partial charge in [0.1, 0.15) is 4.88 Å². The van der Waals surface area contributed by atoms with Crippen molar-refractivity contribution in [2.75, 3.05) is 39.5 Å². The normalized spacial score (nSPS) is 10.6. The van der Waals surface area contributed by atoms with E-state index in [2.05, 4.69) is 0 Å². The number of aromatic carboxylic acids is 1. The van der Waals surface area contributed by atoms with Gasteiger partial charge in [-0.1, -0.05) is 0 Å². The highest BCUT2D eigenvalue weighted by Gasteiger charge is 2.19. The van der Waals surface area contributed by atoms with E-state index in [-0.39, 0.29) is 10.8 Å². The van der Waals surface area contributed by atoms with Crippen molar-refractivity contribution in [1.82, 2.24) is 4.90 Å². The van der Waals surface area contributed by atoms with Crippen LogP contribution in [0, 0.1) is 0 Å². The van der Waals surface area contributed by atoms with Gasteiger partial charge in [0.2, 0.25) is 0 Å². The zero-order valence-corrected chi connectivity index (χ0v) is 13.1. The Bertz CT molecular complexity index is 450.